The molecule has 0 spiro atoms. The van der Waals surface area contributed by atoms with Crippen molar-refractivity contribution in [3.05, 3.63) is 24.6 Å². The minimum atomic E-state index is -0.839. The smallest absolute Gasteiger partial charge is 0.360 e. The van der Waals surface area contributed by atoms with Crippen LogP contribution in [0.1, 0.15) is 123 Å². The summed E-state index contributed by atoms with van der Waals surface area (Å²) in [4.78, 5) is 15.7. The summed E-state index contributed by atoms with van der Waals surface area (Å²) < 4.78 is 0.168. The van der Waals surface area contributed by atoms with Crippen molar-refractivity contribution >= 4 is 11.8 Å². The maximum absolute atomic E-state index is 11.3. The van der Waals surface area contributed by atoms with E-state index in [2.05, 4.69) is 24.1 Å². The van der Waals surface area contributed by atoms with E-state index in [0.717, 1.165) is 18.7 Å². The summed E-state index contributed by atoms with van der Waals surface area (Å²) in [6, 6.07) is 0. The summed E-state index contributed by atoms with van der Waals surface area (Å²) in [6.07, 6.45) is 29.7. The Morgan fingerprint density at radius 1 is 0.938 bits per heavy atom. The minimum absolute atomic E-state index is 0.0273. The Kier molecular flexibility index (Phi) is 16.1. The maximum Gasteiger partial charge on any atom is 0.360 e. The van der Waals surface area contributed by atoms with Crippen molar-refractivity contribution in [3.63, 3.8) is 0 Å². The number of carboxylic acids is 1. The van der Waals surface area contributed by atoms with Crippen molar-refractivity contribution in [3.8, 4) is 0 Å². The van der Waals surface area contributed by atoms with Crippen LogP contribution in [-0.2, 0) is 4.79 Å². The van der Waals surface area contributed by atoms with Crippen molar-refractivity contribution < 1.29 is 14.4 Å². The van der Waals surface area contributed by atoms with Crippen molar-refractivity contribution in [2.24, 2.45) is 10.7 Å². The Morgan fingerprint density at radius 2 is 1.44 bits per heavy atom. The minimum Gasteiger partial charge on any atom is -0.477 e. The molecule has 184 valence electrons. The van der Waals surface area contributed by atoms with E-state index in [9.17, 15) is 9.90 Å². The van der Waals surface area contributed by atoms with Crippen LogP contribution in [0.3, 0.4) is 0 Å². The van der Waals surface area contributed by atoms with Gasteiger partial charge in [0.1, 0.15) is 12.4 Å². The molecule has 0 saturated carbocycles. The second-order valence-electron chi connectivity index (χ2n) is 9.46. The van der Waals surface area contributed by atoms with Crippen LogP contribution in [-0.4, -0.2) is 34.1 Å². The van der Waals surface area contributed by atoms with Gasteiger partial charge >= 0.3 is 5.97 Å². The molecule has 0 aromatic rings. The lowest BCUT2D eigenvalue weighted by atomic mass is 10.1. The average Bonchev–Trinajstić information content (AvgIpc) is 3.16. The molecule has 1 heterocycles. The molecule has 0 aliphatic carbocycles. The highest BCUT2D eigenvalue weighted by molar-refractivity contribution is 5.81. The second kappa shape index (κ2) is 18.0. The molecular weight excluding hydrogens is 398 g/mol. The third-order valence-electron chi connectivity index (χ3n) is 6.57. The van der Waals surface area contributed by atoms with Gasteiger partial charge in [0.2, 0.25) is 5.84 Å². The number of nitrogens with zero attached hydrogens (tertiary/aromatic N) is 2. The molecule has 2 atom stereocenters. The van der Waals surface area contributed by atoms with Crippen LogP contribution in [0.2, 0.25) is 0 Å². The number of aliphatic imine (C=N–C) groups is 1. The zero-order valence-corrected chi connectivity index (χ0v) is 20.9. The molecule has 2 unspecified atom stereocenters. The molecule has 3 N–H and O–H groups in total. The van der Waals surface area contributed by atoms with Crippen LogP contribution in [0.25, 0.3) is 0 Å². The van der Waals surface area contributed by atoms with Gasteiger partial charge in [-0.05, 0) is 32.1 Å². The van der Waals surface area contributed by atoms with E-state index in [1.807, 2.05) is 13.1 Å². The summed E-state index contributed by atoms with van der Waals surface area (Å²) in [5.74, 6) is 0.0554. The molecule has 0 amide bonds. The van der Waals surface area contributed by atoms with E-state index in [1.54, 1.807) is 6.20 Å². The number of amidine groups is 1. The molecule has 5 heteroatoms. The fourth-order valence-corrected chi connectivity index (χ4v) is 4.47. The zero-order chi connectivity index (χ0) is 23.5. The van der Waals surface area contributed by atoms with E-state index in [0.29, 0.717) is 0 Å². The Bertz CT molecular complexity index is 583. The standard InChI is InChI=1S/C27H49N3O2/c1-3-4-5-6-7-8-9-10-11-12-13-14-15-16-17-18-19-20-21-26-29-22-23-30(26,25(2)28)24-27(31)32/h11-12,22-23,25H,3-10,13-21,24,28H2,1-2H3/p+1/b12-11+. The molecule has 0 saturated heterocycles. The van der Waals surface area contributed by atoms with Crippen molar-refractivity contribution in [2.75, 3.05) is 6.54 Å². The Morgan fingerprint density at radius 3 is 1.94 bits per heavy atom. The molecule has 0 aromatic heterocycles. The van der Waals surface area contributed by atoms with Crippen molar-refractivity contribution in [1.82, 2.24) is 0 Å². The predicted octanol–water partition coefficient (Wildman–Crippen LogP) is 7.28. The molecule has 1 aliphatic heterocycles. The topological polar surface area (TPSA) is 75.7 Å². The van der Waals surface area contributed by atoms with Gasteiger partial charge in [0, 0.05) is 13.3 Å². The molecule has 0 bridgehead atoms. The third-order valence-corrected chi connectivity index (χ3v) is 6.57. The van der Waals surface area contributed by atoms with E-state index in [1.165, 1.54) is 96.3 Å². The number of carbonyl (C=O) groups is 1. The normalized spacial score (nSPS) is 19.0. The first-order valence-corrected chi connectivity index (χ1v) is 13.3. The van der Waals surface area contributed by atoms with E-state index >= 15 is 0 Å². The number of carboxylic acid groups (broad SMARTS) is 1. The fraction of sp³-hybridized carbons (Fsp3) is 0.778. The van der Waals surface area contributed by atoms with Gasteiger partial charge in [0.15, 0.2) is 6.54 Å². The molecule has 0 aromatic carbocycles. The fourth-order valence-electron chi connectivity index (χ4n) is 4.47. The first-order chi connectivity index (χ1) is 15.5. The lowest BCUT2D eigenvalue weighted by molar-refractivity contribution is -0.805. The van der Waals surface area contributed by atoms with Crippen LogP contribution < -0.4 is 5.73 Å². The number of rotatable bonds is 21. The van der Waals surface area contributed by atoms with Gasteiger partial charge in [-0.2, -0.15) is 0 Å². The molecule has 32 heavy (non-hydrogen) atoms. The first kappa shape index (κ1) is 28.6. The average molecular weight is 449 g/mol. The SMILES string of the molecule is CCCCCCCCC/C=C/CCCCCCCCCC1=NC=C[N+]1(CC(=O)O)C(C)N. The summed E-state index contributed by atoms with van der Waals surface area (Å²) in [5.41, 5.74) is 6.11. The van der Waals surface area contributed by atoms with Crippen LogP contribution in [0.5, 0.6) is 0 Å². The molecular formula is C27H50N3O2+. The summed E-state index contributed by atoms with van der Waals surface area (Å²) in [7, 11) is 0. The predicted molar refractivity (Wildman–Crippen MR) is 136 cm³/mol. The molecule has 1 rings (SSSR count). The van der Waals surface area contributed by atoms with E-state index in [-0.39, 0.29) is 17.2 Å². The monoisotopic (exact) mass is 448 g/mol. The van der Waals surface area contributed by atoms with Gasteiger partial charge < -0.3 is 5.11 Å². The number of aliphatic carboxylic acids is 1. The number of hydrogen-bond acceptors (Lipinski definition) is 3. The third kappa shape index (κ3) is 12.0. The highest BCUT2D eigenvalue weighted by Gasteiger charge is 2.40. The number of quaternary nitrogens is 1. The lowest BCUT2D eigenvalue weighted by Gasteiger charge is -2.34. The van der Waals surface area contributed by atoms with E-state index < -0.39 is 5.97 Å². The molecule has 1 aliphatic rings. The number of nitrogens with two attached hydrogens (primary N) is 1. The number of unbranched alkanes of at least 4 members (excludes halogenated alkanes) is 14. The Hall–Kier alpha value is -1.46. The Labute approximate surface area is 197 Å². The van der Waals surface area contributed by atoms with Crippen molar-refractivity contribution in [2.45, 2.75) is 129 Å². The maximum atomic E-state index is 11.3. The lowest BCUT2D eigenvalue weighted by Crippen LogP contribution is -2.59. The van der Waals surface area contributed by atoms with E-state index in [4.69, 9.17) is 5.73 Å². The van der Waals surface area contributed by atoms with Crippen LogP contribution >= 0.6 is 0 Å². The van der Waals surface area contributed by atoms with Crippen LogP contribution in [0.4, 0.5) is 0 Å². The highest BCUT2D eigenvalue weighted by atomic mass is 16.4. The second-order valence-corrected chi connectivity index (χ2v) is 9.46. The highest BCUT2D eigenvalue weighted by Crippen LogP contribution is 2.23. The van der Waals surface area contributed by atoms with Gasteiger partial charge in [-0.15, -0.1) is 0 Å². The van der Waals surface area contributed by atoms with Gasteiger partial charge in [0.05, 0.1) is 6.20 Å². The first-order valence-electron chi connectivity index (χ1n) is 13.3. The summed E-state index contributed by atoms with van der Waals surface area (Å²) in [6.45, 7) is 4.11. The van der Waals surface area contributed by atoms with Crippen LogP contribution in [0.15, 0.2) is 29.5 Å². The number of allylic oxidation sites excluding steroid dienone is 2. The van der Waals surface area contributed by atoms with Gasteiger partial charge in [-0.3, -0.25) is 5.73 Å². The zero-order valence-electron chi connectivity index (χ0n) is 20.9. The largest absolute Gasteiger partial charge is 0.477 e. The molecule has 0 radical (unpaired) electrons. The summed E-state index contributed by atoms with van der Waals surface area (Å²) >= 11 is 0. The quantitative estimate of drug-likeness (QED) is 0.110. The molecule has 0 fully saturated rings. The number of hydrogen-bond donors (Lipinski definition) is 2. The molecule has 5 nitrogen and oxygen atoms in total. The Balaban J connectivity index is 1.96. The van der Waals surface area contributed by atoms with Gasteiger partial charge in [0.25, 0.3) is 0 Å². The summed E-state index contributed by atoms with van der Waals surface area (Å²) in [5, 5.41) is 9.27. The van der Waals surface area contributed by atoms with Gasteiger partial charge in [-0.1, -0.05) is 89.7 Å². The van der Waals surface area contributed by atoms with Crippen molar-refractivity contribution in [1.29, 1.82) is 0 Å². The van der Waals surface area contributed by atoms with Crippen LogP contribution in [0, 0.1) is 0 Å². The van der Waals surface area contributed by atoms with Gasteiger partial charge in [-0.25, -0.2) is 14.3 Å².